The minimum absolute atomic E-state index is 0.0580. The molecule has 0 aliphatic heterocycles. The standard InChI is InChI=1S/C17H19N5OS2/c1-10-5-6-12(7-11(10)2)20-13(23)8-24-16-14-15(18-9-19-16)21-17(25-14)22(3)4/h5-7,9H,8H2,1-4H3,(H,20,23). The number of carbonyl (C=O) groups is 1. The molecule has 1 amide bonds. The second-order valence-corrected chi connectivity index (χ2v) is 7.80. The lowest BCUT2D eigenvalue weighted by molar-refractivity contribution is -0.113. The van der Waals surface area contributed by atoms with E-state index in [1.54, 1.807) is 0 Å². The molecule has 1 aromatic carbocycles. The van der Waals surface area contributed by atoms with E-state index in [0.29, 0.717) is 5.65 Å². The number of amides is 1. The number of anilines is 2. The van der Waals surface area contributed by atoms with E-state index in [0.717, 1.165) is 26.1 Å². The highest BCUT2D eigenvalue weighted by atomic mass is 32.2. The molecule has 8 heteroatoms. The van der Waals surface area contributed by atoms with Crippen LogP contribution in [0.3, 0.4) is 0 Å². The van der Waals surface area contributed by atoms with Crippen molar-refractivity contribution in [1.29, 1.82) is 0 Å². The predicted molar refractivity (Wildman–Crippen MR) is 105 cm³/mol. The maximum Gasteiger partial charge on any atom is 0.234 e. The molecular formula is C17H19N5OS2. The van der Waals surface area contributed by atoms with Crippen LogP contribution in [0.1, 0.15) is 11.1 Å². The van der Waals surface area contributed by atoms with Crippen molar-refractivity contribution in [2.24, 2.45) is 0 Å². The van der Waals surface area contributed by atoms with E-state index in [1.165, 1.54) is 35.0 Å². The molecule has 0 aliphatic carbocycles. The molecule has 3 aromatic rings. The van der Waals surface area contributed by atoms with Gasteiger partial charge in [-0.1, -0.05) is 29.2 Å². The third-order valence-corrected chi connectivity index (χ3v) is 6.00. The van der Waals surface area contributed by atoms with Crippen molar-refractivity contribution in [3.05, 3.63) is 35.7 Å². The van der Waals surface area contributed by atoms with Gasteiger partial charge >= 0.3 is 0 Å². The molecule has 6 nitrogen and oxygen atoms in total. The van der Waals surface area contributed by atoms with Crippen LogP contribution < -0.4 is 10.2 Å². The van der Waals surface area contributed by atoms with Crippen molar-refractivity contribution in [3.8, 4) is 0 Å². The molecule has 130 valence electrons. The first-order valence-corrected chi connectivity index (χ1v) is 9.53. The Hall–Kier alpha value is -2.19. The minimum atomic E-state index is -0.0580. The van der Waals surface area contributed by atoms with Crippen molar-refractivity contribution in [3.63, 3.8) is 0 Å². The van der Waals surface area contributed by atoms with E-state index < -0.39 is 0 Å². The minimum Gasteiger partial charge on any atom is -0.354 e. The van der Waals surface area contributed by atoms with Gasteiger partial charge in [0, 0.05) is 19.8 Å². The monoisotopic (exact) mass is 373 g/mol. The highest BCUT2D eigenvalue weighted by molar-refractivity contribution is 8.00. The summed E-state index contributed by atoms with van der Waals surface area (Å²) in [5.74, 6) is 0.228. The van der Waals surface area contributed by atoms with E-state index in [-0.39, 0.29) is 11.7 Å². The second kappa shape index (κ2) is 7.37. The largest absolute Gasteiger partial charge is 0.354 e. The van der Waals surface area contributed by atoms with Gasteiger partial charge in [0.05, 0.1) is 5.75 Å². The Labute approximate surface area is 154 Å². The Morgan fingerprint density at radius 1 is 1.24 bits per heavy atom. The summed E-state index contributed by atoms with van der Waals surface area (Å²) in [5.41, 5.74) is 3.84. The summed E-state index contributed by atoms with van der Waals surface area (Å²) in [6.45, 7) is 4.08. The number of thiazole rings is 1. The Balaban J connectivity index is 1.69. The maximum atomic E-state index is 12.2. The van der Waals surface area contributed by atoms with Crippen molar-refractivity contribution >= 4 is 50.2 Å². The highest BCUT2D eigenvalue weighted by Crippen LogP contribution is 2.32. The van der Waals surface area contributed by atoms with Gasteiger partial charge in [-0.25, -0.2) is 9.97 Å². The van der Waals surface area contributed by atoms with E-state index in [2.05, 4.69) is 20.3 Å². The smallest absolute Gasteiger partial charge is 0.234 e. The van der Waals surface area contributed by atoms with Crippen LogP contribution in [0.4, 0.5) is 10.8 Å². The molecule has 0 saturated carbocycles. The van der Waals surface area contributed by atoms with Crippen LogP contribution in [0.2, 0.25) is 0 Å². The lowest BCUT2D eigenvalue weighted by Crippen LogP contribution is -2.14. The molecule has 0 atom stereocenters. The van der Waals surface area contributed by atoms with Crippen LogP contribution in [0.5, 0.6) is 0 Å². The summed E-state index contributed by atoms with van der Waals surface area (Å²) >= 11 is 2.93. The number of carbonyl (C=O) groups excluding carboxylic acids is 1. The molecular weight excluding hydrogens is 354 g/mol. The number of benzene rings is 1. The Morgan fingerprint density at radius 2 is 2.04 bits per heavy atom. The van der Waals surface area contributed by atoms with Crippen LogP contribution >= 0.6 is 23.1 Å². The van der Waals surface area contributed by atoms with Gasteiger partial charge in [-0.05, 0) is 37.1 Å². The van der Waals surface area contributed by atoms with Gasteiger partial charge in [-0.2, -0.15) is 4.98 Å². The van der Waals surface area contributed by atoms with E-state index in [9.17, 15) is 4.79 Å². The van der Waals surface area contributed by atoms with Gasteiger partial charge in [0.15, 0.2) is 10.8 Å². The third-order valence-electron chi connectivity index (χ3n) is 3.66. The molecule has 0 radical (unpaired) electrons. The molecule has 0 spiro atoms. The van der Waals surface area contributed by atoms with Crippen LogP contribution in [0, 0.1) is 13.8 Å². The first kappa shape index (κ1) is 17.6. The Morgan fingerprint density at radius 3 is 2.76 bits per heavy atom. The van der Waals surface area contributed by atoms with Crippen molar-refractivity contribution in [2.45, 2.75) is 18.9 Å². The summed E-state index contributed by atoms with van der Waals surface area (Å²) in [6, 6.07) is 5.90. The molecule has 2 aromatic heterocycles. The van der Waals surface area contributed by atoms with Crippen molar-refractivity contribution < 1.29 is 4.79 Å². The third kappa shape index (κ3) is 4.08. The molecule has 25 heavy (non-hydrogen) atoms. The lowest BCUT2D eigenvalue weighted by Gasteiger charge is -2.07. The Kier molecular flexibility index (Phi) is 5.19. The summed E-state index contributed by atoms with van der Waals surface area (Å²) in [6.07, 6.45) is 1.49. The molecule has 0 bridgehead atoms. The molecule has 0 unspecified atom stereocenters. The first-order chi connectivity index (χ1) is 11.9. The van der Waals surface area contributed by atoms with E-state index in [1.807, 2.05) is 51.0 Å². The van der Waals surface area contributed by atoms with Gasteiger partial charge < -0.3 is 10.2 Å². The molecule has 0 fully saturated rings. The SMILES string of the molecule is Cc1ccc(NC(=O)CSc2ncnc3nc(N(C)C)sc23)cc1C. The highest BCUT2D eigenvalue weighted by Gasteiger charge is 2.13. The first-order valence-electron chi connectivity index (χ1n) is 7.73. The fraction of sp³-hybridized carbons (Fsp3) is 0.294. The molecule has 1 N–H and O–H groups in total. The number of aromatic nitrogens is 3. The van der Waals surface area contributed by atoms with Gasteiger partial charge in [0.1, 0.15) is 16.1 Å². The topological polar surface area (TPSA) is 71.0 Å². The summed E-state index contributed by atoms with van der Waals surface area (Å²) in [4.78, 5) is 27.2. The van der Waals surface area contributed by atoms with E-state index >= 15 is 0 Å². The lowest BCUT2D eigenvalue weighted by atomic mass is 10.1. The zero-order valence-corrected chi connectivity index (χ0v) is 16.2. The van der Waals surface area contributed by atoms with Gasteiger partial charge in [0.2, 0.25) is 5.91 Å². The zero-order valence-electron chi connectivity index (χ0n) is 14.5. The number of aryl methyl sites for hydroxylation is 2. The van der Waals surface area contributed by atoms with E-state index in [4.69, 9.17) is 0 Å². The fourth-order valence-corrected chi connectivity index (χ4v) is 3.98. The Bertz CT molecular complexity index is 923. The number of thioether (sulfide) groups is 1. The number of hydrogen-bond acceptors (Lipinski definition) is 7. The fourth-order valence-electron chi connectivity index (χ4n) is 2.17. The van der Waals surface area contributed by atoms with Gasteiger partial charge in [-0.15, -0.1) is 0 Å². The number of rotatable bonds is 5. The molecule has 0 saturated heterocycles. The molecule has 2 heterocycles. The average molecular weight is 374 g/mol. The van der Waals surface area contributed by atoms with Gasteiger partial charge in [0.25, 0.3) is 0 Å². The zero-order chi connectivity index (χ0) is 18.0. The quantitative estimate of drug-likeness (QED) is 0.545. The molecule has 0 aliphatic rings. The number of nitrogens with zero attached hydrogens (tertiary/aromatic N) is 4. The van der Waals surface area contributed by atoms with Crippen molar-refractivity contribution in [1.82, 2.24) is 15.0 Å². The summed E-state index contributed by atoms with van der Waals surface area (Å²) in [7, 11) is 3.88. The normalized spacial score (nSPS) is 10.9. The van der Waals surface area contributed by atoms with Gasteiger partial charge in [-0.3, -0.25) is 4.79 Å². The number of hydrogen-bond donors (Lipinski definition) is 1. The maximum absolute atomic E-state index is 12.2. The van der Waals surface area contributed by atoms with Crippen LogP contribution in [0.15, 0.2) is 29.6 Å². The predicted octanol–water partition coefficient (Wildman–Crippen LogP) is 3.50. The summed E-state index contributed by atoms with van der Waals surface area (Å²) < 4.78 is 0.912. The average Bonchev–Trinajstić information content (AvgIpc) is 3.01. The van der Waals surface area contributed by atoms with Crippen LogP contribution in [-0.2, 0) is 4.79 Å². The van der Waals surface area contributed by atoms with Crippen LogP contribution in [-0.4, -0.2) is 40.7 Å². The van der Waals surface area contributed by atoms with Crippen LogP contribution in [0.25, 0.3) is 10.3 Å². The molecule has 3 rings (SSSR count). The summed E-state index contributed by atoms with van der Waals surface area (Å²) in [5, 5.41) is 4.58. The second-order valence-electron chi connectivity index (χ2n) is 5.86. The van der Waals surface area contributed by atoms with Crippen molar-refractivity contribution in [2.75, 3.05) is 30.1 Å². The number of nitrogens with one attached hydrogen (secondary N) is 1. The number of fused-ring (bicyclic) bond motifs is 1.